The van der Waals surface area contributed by atoms with E-state index < -0.39 is 0 Å². The molecule has 0 spiro atoms. The Morgan fingerprint density at radius 2 is 2.00 bits per heavy atom. The molecule has 5 nitrogen and oxygen atoms in total. The summed E-state index contributed by atoms with van der Waals surface area (Å²) in [5.41, 5.74) is 0. The van der Waals surface area contributed by atoms with Crippen molar-refractivity contribution in [3.63, 3.8) is 0 Å². The van der Waals surface area contributed by atoms with Gasteiger partial charge in [0.15, 0.2) is 0 Å². The average Bonchev–Trinajstić information content (AvgIpc) is 2.68. The summed E-state index contributed by atoms with van der Waals surface area (Å²) >= 11 is 0. The third kappa shape index (κ3) is 6.66. The summed E-state index contributed by atoms with van der Waals surface area (Å²) in [7, 11) is 0. The summed E-state index contributed by atoms with van der Waals surface area (Å²) < 4.78 is 11.8. The smallest absolute Gasteiger partial charge is 0.222 e. The number of ether oxygens (including phenoxy) is 2. The molecule has 3 rings (SSSR count). The summed E-state index contributed by atoms with van der Waals surface area (Å²) in [4.78, 5) is 14.7. The molecule has 3 aliphatic heterocycles. The quantitative estimate of drug-likeness (QED) is 0.759. The van der Waals surface area contributed by atoms with Crippen molar-refractivity contribution >= 4 is 18.3 Å². The Bertz CT molecular complexity index is 404. The predicted molar refractivity (Wildman–Crippen MR) is 106 cm³/mol. The van der Waals surface area contributed by atoms with Crippen LogP contribution in [0, 0.1) is 11.8 Å². The van der Waals surface area contributed by atoms with Gasteiger partial charge >= 0.3 is 0 Å². The lowest BCUT2D eigenvalue weighted by Gasteiger charge is -2.35. The topological polar surface area (TPSA) is 50.8 Å². The molecule has 0 bridgehead atoms. The van der Waals surface area contributed by atoms with Crippen LogP contribution >= 0.6 is 12.4 Å². The molecule has 3 heterocycles. The van der Waals surface area contributed by atoms with Gasteiger partial charge in [0, 0.05) is 26.1 Å². The third-order valence-corrected chi connectivity index (χ3v) is 6.22. The summed E-state index contributed by atoms with van der Waals surface area (Å²) in [5.74, 6) is 1.49. The van der Waals surface area contributed by atoms with E-state index in [1.807, 2.05) is 0 Å². The summed E-state index contributed by atoms with van der Waals surface area (Å²) in [6.07, 6.45) is 9.32. The molecule has 0 aromatic carbocycles. The minimum Gasteiger partial charge on any atom is -0.376 e. The molecule has 0 aromatic rings. The number of amides is 1. The molecular formula is C20H37ClN2O3. The number of nitrogens with zero attached hydrogens (tertiary/aromatic N) is 1. The minimum atomic E-state index is 0. The number of piperidine rings is 2. The van der Waals surface area contributed by atoms with Gasteiger partial charge in [0.05, 0.1) is 18.8 Å². The van der Waals surface area contributed by atoms with Crippen LogP contribution in [0.2, 0.25) is 0 Å². The van der Waals surface area contributed by atoms with Crippen molar-refractivity contribution in [3.05, 3.63) is 0 Å². The SMILES string of the molecule is CC(CC(=O)N1CCC(OCC2CCCCO2)CC1)C1CCCNC1.Cl. The molecule has 0 aromatic heterocycles. The number of hydrogen-bond donors (Lipinski definition) is 1. The lowest BCUT2D eigenvalue weighted by Crippen LogP contribution is -2.43. The maximum absolute atomic E-state index is 12.6. The van der Waals surface area contributed by atoms with Gasteiger partial charge in [-0.2, -0.15) is 0 Å². The highest BCUT2D eigenvalue weighted by Crippen LogP contribution is 2.24. The highest BCUT2D eigenvalue weighted by atomic mass is 35.5. The first-order valence-corrected chi connectivity index (χ1v) is 10.4. The zero-order chi connectivity index (χ0) is 17.5. The van der Waals surface area contributed by atoms with Crippen LogP contribution < -0.4 is 5.32 Å². The van der Waals surface area contributed by atoms with E-state index in [9.17, 15) is 4.79 Å². The first-order valence-electron chi connectivity index (χ1n) is 10.4. The predicted octanol–water partition coefficient (Wildman–Crippen LogP) is 3.01. The zero-order valence-electron chi connectivity index (χ0n) is 16.3. The van der Waals surface area contributed by atoms with Crippen molar-refractivity contribution in [3.8, 4) is 0 Å². The standard InChI is InChI=1S/C20H36N2O3.ClH/c1-16(17-5-4-9-21-14-17)13-20(23)22-10-7-18(8-11-22)25-15-19-6-2-3-12-24-19;/h16-19,21H,2-15H2,1H3;1H. The number of likely N-dealkylation sites (tertiary alicyclic amines) is 1. The number of halogens is 1. The van der Waals surface area contributed by atoms with Gasteiger partial charge in [-0.1, -0.05) is 6.92 Å². The van der Waals surface area contributed by atoms with E-state index in [1.54, 1.807) is 0 Å². The van der Waals surface area contributed by atoms with E-state index in [2.05, 4.69) is 17.1 Å². The number of carbonyl (C=O) groups excluding carboxylic acids is 1. The van der Waals surface area contributed by atoms with Crippen molar-refractivity contribution < 1.29 is 14.3 Å². The maximum Gasteiger partial charge on any atom is 0.222 e. The molecule has 0 aliphatic carbocycles. The van der Waals surface area contributed by atoms with Gasteiger partial charge in [-0.3, -0.25) is 4.79 Å². The molecule has 3 saturated heterocycles. The number of hydrogen-bond acceptors (Lipinski definition) is 4. The largest absolute Gasteiger partial charge is 0.376 e. The van der Waals surface area contributed by atoms with Crippen molar-refractivity contribution in [2.24, 2.45) is 11.8 Å². The lowest BCUT2D eigenvalue weighted by atomic mass is 9.85. The molecule has 3 aliphatic rings. The number of rotatable bonds is 6. The van der Waals surface area contributed by atoms with Crippen LogP contribution in [-0.2, 0) is 14.3 Å². The highest BCUT2D eigenvalue weighted by Gasteiger charge is 2.28. The van der Waals surface area contributed by atoms with E-state index in [0.29, 0.717) is 36.4 Å². The summed E-state index contributed by atoms with van der Waals surface area (Å²) in [6, 6.07) is 0. The Balaban J connectivity index is 0.00000243. The maximum atomic E-state index is 12.6. The van der Waals surface area contributed by atoms with E-state index in [-0.39, 0.29) is 12.4 Å². The Morgan fingerprint density at radius 3 is 2.65 bits per heavy atom. The van der Waals surface area contributed by atoms with Gasteiger partial charge in [-0.15, -0.1) is 12.4 Å². The molecule has 152 valence electrons. The molecule has 0 radical (unpaired) electrons. The fourth-order valence-corrected chi connectivity index (χ4v) is 4.39. The molecule has 3 atom stereocenters. The first-order chi connectivity index (χ1) is 12.2. The second-order valence-corrected chi connectivity index (χ2v) is 8.19. The zero-order valence-corrected chi connectivity index (χ0v) is 17.1. The Kier molecular flexibility index (Phi) is 9.68. The van der Waals surface area contributed by atoms with Crippen LogP contribution in [0.1, 0.15) is 58.3 Å². The Hall–Kier alpha value is -0.360. The summed E-state index contributed by atoms with van der Waals surface area (Å²) in [5, 5.41) is 3.46. The van der Waals surface area contributed by atoms with Crippen molar-refractivity contribution in [1.29, 1.82) is 0 Å². The van der Waals surface area contributed by atoms with Gasteiger partial charge in [0.1, 0.15) is 0 Å². The van der Waals surface area contributed by atoms with Crippen LogP contribution in [0.25, 0.3) is 0 Å². The minimum absolute atomic E-state index is 0. The molecule has 1 N–H and O–H groups in total. The van der Waals surface area contributed by atoms with Crippen molar-refractivity contribution in [2.75, 3.05) is 39.4 Å². The first kappa shape index (κ1) is 21.9. The lowest BCUT2D eigenvalue weighted by molar-refractivity contribution is -0.136. The van der Waals surface area contributed by atoms with E-state index in [0.717, 1.165) is 58.7 Å². The van der Waals surface area contributed by atoms with Crippen LogP contribution in [0.15, 0.2) is 0 Å². The molecular weight excluding hydrogens is 352 g/mol. The van der Waals surface area contributed by atoms with Crippen LogP contribution in [-0.4, -0.2) is 62.4 Å². The van der Waals surface area contributed by atoms with E-state index >= 15 is 0 Å². The van der Waals surface area contributed by atoms with Gasteiger partial charge in [0.25, 0.3) is 0 Å². The number of carbonyl (C=O) groups is 1. The van der Waals surface area contributed by atoms with Gasteiger partial charge in [-0.25, -0.2) is 0 Å². The molecule has 3 unspecified atom stereocenters. The molecule has 6 heteroatoms. The third-order valence-electron chi connectivity index (χ3n) is 6.22. The van der Waals surface area contributed by atoms with E-state index in [1.165, 1.54) is 25.7 Å². The van der Waals surface area contributed by atoms with Crippen LogP contribution in [0.3, 0.4) is 0 Å². The fourth-order valence-electron chi connectivity index (χ4n) is 4.39. The van der Waals surface area contributed by atoms with Crippen LogP contribution in [0.4, 0.5) is 0 Å². The monoisotopic (exact) mass is 388 g/mol. The highest BCUT2D eigenvalue weighted by molar-refractivity contribution is 5.85. The molecule has 1 amide bonds. The number of nitrogens with one attached hydrogen (secondary N) is 1. The van der Waals surface area contributed by atoms with Gasteiger partial charge < -0.3 is 19.7 Å². The van der Waals surface area contributed by atoms with Crippen molar-refractivity contribution in [1.82, 2.24) is 10.2 Å². The Morgan fingerprint density at radius 1 is 1.19 bits per heavy atom. The summed E-state index contributed by atoms with van der Waals surface area (Å²) in [6.45, 7) is 7.77. The van der Waals surface area contributed by atoms with Gasteiger partial charge in [0.2, 0.25) is 5.91 Å². The van der Waals surface area contributed by atoms with Gasteiger partial charge in [-0.05, 0) is 69.9 Å². The second kappa shape index (κ2) is 11.5. The van der Waals surface area contributed by atoms with E-state index in [4.69, 9.17) is 9.47 Å². The molecule has 0 saturated carbocycles. The Labute approximate surface area is 165 Å². The average molecular weight is 389 g/mol. The van der Waals surface area contributed by atoms with Crippen molar-refractivity contribution in [2.45, 2.75) is 70.5 Å². The fraction of sp³-hybridized carbons (Fsp3) is 0.950. The normalized spacial score (nSPS) is 29.0. The van der Waals surface area contributed by atoms with Crippen LogP contribution in [0.5, 0.6) is 0 Å². The second-order valence-electron chi connectivity index (χ2n) is 8.19. The molecule has 26 heavy (non-hydrogen) atoms. The molecule has 3 fully saturated rings.